The van der Waals surface area contributed by atoms with Gasteiger partial charge >= 0.3 is 0 Å². The topological polar surface area (TPSA) is 46.6 Å². The third-order valence-electron chi connectivity index (χ3n) is 6.74. The second-order valence-corrected chi connectivity index (χ2v) is 9.01. The molecule has 4 nitrogen and oxygen atoms in total. The average molecular weight is 420 g/mol. The minimum Gasteiger partial charge on any atom is -0.493 e. The molecule has 2 aromatic rings. The van der Waals surface area contributed by atoms with Crippen molar-refractivity contribution < 1.29 is 14.3 Å². The van der Waals surface area contributed by atoms with E-state index in [4.69, 9.17) is 4.74 Å². The molecule has 31 heavy (non-hydrogen) atoms. The third-order valence-corrected chi connectivity index (χ3v) is 6.74. The quantitative estimate of drug-likeness (QED) is 0.298. The summed E-state index contributed by atoms with van der Waals surface area (Å²) in [5.41, 5.74) is 3.44. The van der Waals surface area contributed by atoms with Crippen LogP contribution in [0.2, 0.25) is 0 Å². The van der Waals surface area contributed by atoms with Crippen LogP contribution < -0.4 is 4.74 Å². The van der Waals surface area contributed by atoms with Gasteiger partial charge in [-0.25, -0.2) is 0 Å². The molecule has 164 valence electrons. The standard InChI is InChI=1S/C27H33NO3/c29-19-26(30)27-25-15-5-4-13-23(25)18-28(27)16-7-6-9-21-12-8-14-24(17-21)31-20-22-10-2-1-3-11-22/h4-5,8,12-15,17,19,22,27H,1-3,6-7,9-11,16,18,20H2. The number of fused-ring (bicyclic) bond motifs is 1. The van der Waals surface area contributed by atoms with Crippen molar-refractivity contribution in [2.75, 3.05) is 13.2 Å². The number of aryl methyl sites for hydroxylation is 1. The van der Waals surface area contributed by atoms with E-state index >= 15 is 0 Å². The van der Waals surface area contributed by atoms with Gasteiger partial charge in [-0.05, 0) is 73.4 Å². The van der Waals surface area contributed by atoms with E-state index in [0.29, 0.717) is 12.2 Å². The summed E-state index contributed by atoms with van der Waals surface area (Å²) in [6.07, 6.45) is 10.2. The number of aldehydes is 1. The van der Waals surface area contributed by atoms with Gasteiger partial charge in [-0.2, -0.15) is 0 Å². The zero-order valence-corrected chi connectivity index (χ0v) is 18.3. The van der Waals surface area contributed by atoms with Crippen molar-refractivity contribution in [3.8, 4) is 5.75 Å². The lowest BCUT2D eigenvalue weighted by Crippen LogP contribution is -2.30. The normalized spacial score (nSPS) is 19.2. The Labute approximate surface area is 185 Å². The number of hydrogen-bond acceptors (Lipinski definition) is 4. The Hall–Kier alpha value is -2.46. The molecule has 0 bridgehead atoms. The van der Waals surface area contributed by atoms with Gasteiger partial charge in [-0.3, -0.25) is 14.5 Å². The van der Waals surface area contributed by atoms with Gasteiger partial charge in [-0.15, -0.1) is 0 Å². The largest absolute Gasteiger partial charge is 0.493 e. The molecule has 0 radical (unpaired) electrons. The van der Waals surface area contributed by atoms with Crippen molar-refractivity contribution in [3.05, 3.63) is 65.2 Å². The van der Waals surface area contributed by atoms with Crippen LogP contribution in [-0.4, -0.2) is 30.1 Å². The Morgan fingerprint density at radius 3 is 2.71 bits per heavy atom. The number of carbonyl (C=O) groups is 2. The first kappa shape index (κ1) is 21.8. The van der Waals surface area contributed by atoms with Crippen molar-refractivity contribution in [1.29, 1.82) is 0 Å². The summed E-state index contributed by atoms with van der Waals surface area (Å²) in [4.78, 5) is 25.5. The smallest absolute Gasteiger partial charge is 0.216 e. The SMILES string of the molecule is O=CC(=O)C1c2ccccc2CN1CCCCc1cccc(OCC2CCCCC2)c1. The molecule has 2 aliphatic rings. The van der Waals surface area contributed by atoms with Gasteiger partial charge in [0, 0.05) is 6.54 Å². The van der Waals surface area contributed by atoms with E-state index < -0.39 is 6.04 Å². The Balaban J connectivity index is 1.25. The molecule has 0 spiro atoms. The Bertz CT molecular complexity index is 888. The summed E-state index contributed by atoms with van der Waals surface area (Å²) < 4.78 is 6.08. The fourth-order valence-electron chi connectivity index (χ4n) is 5.06. The Morgan fingerprint density at radius 1 is 1.03 bits per heavy atom. The second-order valence-electron chi connectivity index (χ2n) is 9.01. The maximum atomic E-state index is 12.2. The first-order chi connectivity index (χ1) is 15.2. The van der Waals surface area contributed by atoms with Gasteiger partial charge in [0.25, 0.3) is 0 Å². The number of rotatable bonds is 10. The van der Waals surface area contributed by atoms with Crippen molar-refractivity contribution in [1.82, 2.24) is 4.90 Å². The van der Waals surface area contributed by atoms with E-state index in [-0.39, 0.29) is 5.78 Å². The van der Waals surface area contributed by atoms with Gasteiger partial charge in [0.2, 0.25) is 5.78 Å². The van der Waals surface area contributed by atoms with Gasteiger partial charge in [0.1, 0.15) is 11.8 Å². The summed E-state index contributed by atoms with van der Waals surface area (Å²) in [6, 6.07) is 16.0. The molecule has 1 heterocycles. The number of ketones is 1. The average Bonchev–Trinajstić information content (AvgIpc) is 3.19. The number of nitrogens with zero attached hydrogens (tertiary/aromatic N) is 1. The maximum Gasteiger partial charge on any atom is 0.216 e. The highest BCUT2D eigenvalue weighted by Crippen LogP contribution is 2.34. The lowest BCUT2D eigenvalue weighted by atomic mass is 9.90. The molecule has 0 aromatic heterocycles. The third kappa shape index (κ3) is 5.62. The lowest BCUT2D eigenvalue weighted by molar-refractivity contribution is -0.133. The number of benzene rings is 2. The summed E-state index contributed by atoms with van der Waals surface area (Å²) in [5, 5.41) is 0. The molecule has 1 unspecified atom stereocenters. The molecule has 4 heteroatoms. The molecule has 1 saturated carbocycles. The molecule has 0 N–H and O–H groups in total. The van der Waals surface area contributed by atoms with E-state index in [2.05, 4.69) is 35.2 Å². The zero-order valence-electron chi connectivity index (χ0n) is 18.3. The van der Waals surface area contributed by atoms with Gasteiger partial charge < -0.3 is 4.74 Å². The summed E-state index contributed by atoms with van der Waals surface area (Å²) in [7, 11) is 0. The second kappa shape index (κ2) is 10.7. The molecule has 1 fully saturated rings. The number of carbonyl (C=O) groups excluding carboxylic acids is 2. The number of hydrogen-bond donors (Lipinski definition) is 0. The summed E-state index contributed by atoms with van der Waals surface area (Å²) in [5.74, 6) is 1.35. The lowest BCUT2D eigenvalue weighted by Gasteiger charge is -2.22. The highest BCUT2D eigenvalue weighted by atomic mass is 16.5. The van der Waals surface area contributed by atoms with Crippen LogP contribution in [0.1, 0.15) is 67.7 Å². The van der Waals surface area contributed by atoms with Crippen LogP contribution in [-0.2, 0) is 22.6 Å². The van der Waals surface area contributed by atoms with Crippen LogP contribution in [0.25, 0.3) is 0 Å². The van der Waals surface area contributed by atoms with Crippen LogP contribution in [0.5, 0.6) is 5.75 Å². The summed E-state index contributed by atoms with van der Waals surface area (Å²) in [6.45, 7) is 2.40. The van der Waals surface area contributed by atoms with Crippen molar-refractivity contribution in [2.24, 2.45) is 5.92 Å². The first-order valence-corrected chi connectivity index (χ1v) is 11.8. The highest BCUT2D eigenvalue weighted by Gasteiger charge is 2.34. The highest BCUT2D eigenvalue weighted by molar-refractivity contribution is 6.27. The van der Waals surface area contributed by atoms with Crippen molar-refractivity contribution in [2.45, 2.75) is 64.0 Å². The molecule has 1 aliphatic carbocycles. The summed E-state index contributed by atoms with van der Waals surface area (Å²) >= 11 is 0. The van der Waals surface area contributed by atoms with Crippen LogP contribution in [0.4, 0.5) is 0 Å². The van der Waals surface area contributed by atoms with E-state index in [1.165, 1.54) is 37.7 Å². The van der Waals surface area contributed by atoms with Crippen LogP contribution in [0.3, 0.4) is 0 Å². The van der Waals surface area contributed by atoms with Crippen LogP contribution >= 0.6 is 0 Å². The zero-order chi connectivity index (χ0) is 21.5. The molecule has 2 aromatic carbocycles. The van der Waals surface area contributed by atoms with E-state index in [1.807, 2.05) is 18.2 Å². The van der Waals surface area contributed by atoms with E-state index in [9.17, 15) is 9.59 Å². The number of ether oxygens (including phenoxy) is 1. The molecule has 1 atom stereocenters. The minimum atomic E-state index is -0.412. The molecule has 0 saturated heterocycles. The fraction of sp³-hybridized carbons (Fsp3) is 0.481. The van der Waals surface area contributed by atoms with Crippen molar-refractivity contribution >= 4 is 12.1 Å². The van der Waals surface area contributed by atoms with E-state index in [1.54, 1.807) is 0 Å². The van der Waals surface area contributed by atoms with Crippen LogP contribution in [0, 0.1) is 5.92 Å². The van der Waals surface area contributed by atoms with E-state index in [0.717, 1.165) is 55.8 Å². The molecular weight excluding hydrogens is 386 g/mol. The fourth-order valence-corrected chi connectivity index (χ4v) is 5.06. The maximum absolute atomic E-state index is 12.2. The molecule has 1 aliphatic heterocycles. The predicted molar refractivity (Wildman–Crippen MR) is 122 cm³/mol. The number of Topliss-reactive ketones (excluding diaryl/α,β-unsaturated/α-hetero) is 1. The molecule has 0 amide bonds. The monoisotopic (exact) mass is 419 g/mol. The predicted octanol–water partition coefficient (Wildman–Crippen LogP) is 5.29. The van der Waals surface area contributed by atoms with Gasteiger partial charge in [0.15, 0.2) is 6.29 Å². The molecular formula is C27H33NO3. The van der Waals surface area contributed by atoms with Crippen molar-refractivity contribution in [3.63, 3.8) is 0 Å². The van der Waals surface area contributed by atoms with Gasteiger partial charge in [-0.1, -0.05) is 55.7 Å². The Morgan fingerprint density at radius 2 is 1.87 bits per heavy atom. The van der Waals surface area contributed by atoms with Crippen LogP contribution in [0.15, 0.2) is 48.5 Å². The number of unbranched alkanes of at least 4 members (excludes halogenated alkanes) is 1. The van der Waals surface area contributed by atoms with Gasteiger partial charge in [0.05, 0.1) is 6.61 Å². The first-order valence-electron chi connectivity index (χ1n) is 11.8. The molecule has 4 rings (SSSR count). The Kier molecular flexibility index (Phi) is 7.52. The minimum absolute atomic E-state index is 0.340.